The van der Waals surface area contributed by atoms with Crippen LogP contribution in [0.5, 0.6) is 0 Å². The smallest absolute Gasteiger partial charge is 0.317 e. The van der Waals surface area contributed by atoms with Gasteiger partial charge >= 0.3 is 6.03 Å². The molecule has 1 aromatic carbocycles. The van der Waals surface area contributed by atoms with Gasteiger partial charge in [0.1, 0.15) is 0 Å². The molecule has 0 radical (unpaired) electrons. The summed E-state index contributed by atoms with van der Waals surface area (Å²) >= 11 is 0. The fraction of sp³-hybridized carbons (Fsp3) is 0.611. The molecule has 2 fully saturated rings. The highest BCUT2D eigenvalue weighted by molar-refractivity contribution is 7.92. The molecule has 5 nitrogen and oxygen atoms in total. The summed E-state index contributed by atoms with van der Waals surface area (Å²) in [5, 5.41) is 2.89. The van der Waals surface area contributed by atoms with E-state index in [4.69, 9.17) is 0 Å². The Morgan fingerprint density at radius 3 is 2.67 bits per heavy atom. The zero-order valence-electron chi connectivity index (χ0n) is 13.9. The number of sulfone groups is 1. The summed E-state index contributed by atoms with van der Waals surface area (Å²) in [5.41, 5.74) is 2.81. The van der Waals surface area contributed by atoms with Gasteiger partial charge in [-0.3, -0.25) is 0 Å². The molecule has 3 aliphatic rings. The minimum absolute atomic E-state index is 0.0285. The monoisotopic (exact) mass is 348 g/mol. The Bertz CT molecular complexity index is 753. The van der Waals surface area contributed by atoms with Gasteiger partial charge in [-0.2, -0.15) is 0 Å². The van der Waals surface area contributed by atoms with Crippen LogP contribution in [0.15, 0.2) is 24.3 Å². The third-order valence-corrected chi connectivity index (χ3v) is 8.26. The van der Waals surface area contributed by atoms with Crippen molar-refractivity contribution in [1.29, 1.82) is 0 Å². The van der Waals surface area contributed by atoms with Crippen molar-refractivity contribution in [2.24, 2.45) is 5.92 Å². The van der Waals surface area contributed by atoms with E-state index in [0.29, 0.717) is 37.8 Å². The van der Waals surface area contributed by atoms with E-state index < -0.39 is 9.84 Å². The lowest BCUT2D eigenvalue weighted by molar-refractivity contribution is 0.185. The van der Waals surface area contributed by atoms with E-state index >= 15 is 0 Å². The first-order valence-corrected chi connectivity index (χ1v) is 10.6. The molecular weight excluding hydrogens is 324 g/mol. The number of carbonyl (C=O) groups excluding carboxylic acids is 1. The Kier molecular flexibility index (Phi) is 3.82. The van der Waals surface area contributed by atoms with E-state index in [1.165, 1.54) is 11.1 Å². The number of benzene rings is 1. The second-order valence-electron chi connectivity index (χ2n) is 7.21. The lowest BCUT2D eigenvalue weighted by Gasteiger charge is -2.31. The fourth-order valence-corrected chi connectivity index (χ4v) is 5.84. The maximum absolute atomic E-state index is 12.5. The van der Waals surface area contributed by atoms with Gasteiger partial charge in [-0.15, -0.1) is 0 Å². The number of likely N-dealkylation sites (tertiary alicyclic amines) is 1. The first kappa shape index (κ1) is 15.9. The molecule has 1 saturated carbocycles. The predicted molar refractivity (Wildman–Crippen MR) is 92.8 cm³/mol. The number of hydrogen-bond acceptors (Lipinski definition) is 3. The zero-order valence-corrected chi connectivity index (χ0v) is 14.8. The van der Waals surface area contributed by atoms with E-state index in [1.54, 1.807) is 11.8 Å². The van der Waals surface area contributed by atoms with Crippen LogP contribution in [0.4, 0.5) is 4.79 Å². The Hall–Kier alpha value is -1.56. The molecule has 0 aromatic heterocycles. The standard InChI is InChI=1S/C18H24N2O3S/c1-2-24(22,23)13-7-9-20(10-8-13)18(21)19-17-15-11-12-5-3-4-6-14(12)16(15)17/h3-6,13,15-17H,2,7-11H2,1H3,(H,19,21)/t15-,16-,17+/m0/s1. The van der Waals surface area contributed by atoms with Crippen LogP contribution >= 0.6 is 0 Å². The highest BCUT2D eigenvalue weighted by Gasteiger charge is 2.56. The Morgan fingerprint density at radius 2 is 1.96 bits per heavy atom. The molecule has 1 N–H and O–H groups in total. The average molecular weight is 348 g/mol. The molecule has 2 aliphatic carbocycles. The van der Waals surface area contributed by atoms with Crippen LogP contribution in [0.2, 0.25) is 0 Å². The third kappa shape index (κ3) is 2.61. The van der Waals surface area contributed by atoms with Gasteiger partial charge in [0.05, 0.1) is 5.25 Å². The van der Waals surface area contributed by atoms with Crippen LogP contribution < -0.4 is 5.32 Å². The normalized spacial score (nSPS) is 29.0. The van der Waals surface area contributed by atoms with E-state index in [2.05, 4.69) is 29.6 Å². The Balaban J connectivity index is 1.32. The van der Waals surface area contributed by atoms with E-state index in [9.17, 15) is 13.2 Å². The second kappa shape index (κ2) is 5.76. The van der Waals surface area contributed by atoms with Gasteiger partial charge in [0.2, 0.25) is 0 Å². The van der Waals surface area contributed by atoms with Gasteiger partial charge in [0.15, 0.2) is 9.84 Å². The number of carbonyl (C=O) groups is 1. The van der Waals surface area contributed by atoms with Crippen molar-refractivity contribution in [2.75, 3.05) is 18.8 Å². The predicted octanol–water partition coefficient (Wildman–Crippen LogP) is 1.93. The van der Waals surface area contributed by atoms with Crippen molar-refractivity contribution >= 4 is 15.9 Å². The van der Waals surface area contributed by atoms with Gasteiger partial charge < -0.3 is 10.2 Å². The number of hydrogen-bond donors (Lipinski definition) is 1. The zero-order chi connectivity index (χ0) is 16.9. The quantitative estimate of drug-likeness (QED) is 0.908. The molecule has 130 valence electrons. The van der Waals surface area contributed by atoms with Crippen LogP contribution in [-0.4, -0.2) is 49.5 Å². The number of fused-ring (bicyclic) bond motifs is 3. The molecule has 1 aromatic rings. The topological polar surface area (TPSA) is 66.5 Å². The van der Waals surface area contributed by atoms with Gasteiger partial charge in [0, 0.05) is 30.8 Å². The van der Waals surface area contributed by atoms with Crippen LogP contribution in [0.1, 0.15) is 36.8 Å². The molecular formula is C18H24N2O3S. The molecule has 2 amide bonds. The molecule has 24 heavy (non-hydrogen) atoms. The molecule has 0 spiro atoms. The minimum Gasteiger partial charge on any atom is -0.334 e. The first-order valence-electron chi connectivity index (χ1n) is 8.86. The van der Waals surface area contributed by atoms with Crippen LogP contribution in [-0.2, 0) is 16.3 Å². The van der Waals surface area contributed by atoms with Crippen molar-refractivity contribution in [3.8, 4) is 0 Å². The maximum atomic E-state index is 12.5. The first-order chi connectivity index (χ1) is 11.5. The van der Waals surface area contributed by atoms with Gasteiger partial charge in [-0.05, 0) is 36.3 Å². The van der Waals surface area contributed by atoms with E-state index in [1.807, 2.05) is 0 Å². The number of amides is 2. The SMILES string of the molecule is CCS(=O)(=O)C1CCN(C(=O)N[C@@H]2[C@H]3Cc4ccccc4[C@@H]32)CC1. The summed E-state index contributed by atoms with van der Waals surface area (Å²) in [4.78, 5) is 14.3. The molecule has 4 rings (SSSR count). The van der Waals surface area contributed by atoms with Gasteiger partial charge in [-0.1, -0.05) is 31.2 Å². The fourth-order valence-electron chi connectivity index (χ4n) is 4.44. The van der Waals surface area contributed by atoms with Gasteiger partial charge in [0.25, 0.3) is 0 Å². The molecule has 1 saturated heterocycles. The Labute approximate surface area is 143 Å². The lowest BCUT2D eigenvalue weighted by atomic mass is 10.1. The van der Waals surface area contributed by atoms with E-state index in [-0.39, 0.29) is 23.1 Å². The molecule has 0 unspecified atom stereocenters. The summed E-state index contributed by atoms with van der Waals surface area (Å²) in [6.07, 6.45) is 2.18. The summed E-state index contributed by atoms with van der Waals surface area (Å²) in [7, 11) is -2.99. The largest absolute Gasteiger partial charge is 0.334 e. The second-order valence-corrected chi connectivity index (χ2v) is 9.78. The molecule has 6 heteroatoms. The third-order valence-electron chi connectivity index (χ3n) is 5.97. The van der Waals surface area contributed by atoms with Gasteiger partial charge in [-0.25, -0.2) is 13.2 Å². The van der Waals surface area contributed by atoms with Crippen molar-refractivity contribution in [3.05, 3.63) is 35.4 Å². The number of nitrogens with one attached hydrogen (secondary N) is 1. The van der Waals surface area contributed by atoms with Crippen molar-refractivity contribution < 1.29 is 13.2 Å². The lowest BCUT2D eigenvalue weighted by Crippen LogP contribution is -2.48. The molecule has 1 aliphatic heterocycles. The van der Waals surface area contributed by atoms with Crippen molar-refractivity contribution in [2.45, 2.75) is 43.4 Å². The summed E-state index contributed by atoms with van der Waals surface area (Å²) in [5.74, 6) is 1.21. The number of nitrogens with zero attached hydrogens (tertiary/aromatic N) is 1. The van der Waals surface area contributed by atoms with Crippen LogP contribution in [0.25, 0.3) is 0 Å². The van der Waals surface area contributed by atoms with Crippen LogP contribution in [0, 0.1) is 5.92 Å². The summed E-state index contributed by atoms with van der Waals surface area (Å²) < 4.78 is 23.9. The van der Waals surface area contributed by atoms with Crippen molar-refractivity contribution in [3.63, 3.8) is 0 Å². The minimum atomic E-state index is -2.99. The number of rotatable bonds is 3. The number of urea groups is 1. The molecule has 0 bridgehead atoms. The summed E-state index contributed by atoms with van der Waals surface area (Å²) in [6, 6.07) is 8.72. The number of piperidine rings is 1. The highest BCUT2D eigenvalue weighted by Crippen LogP contribution is 2.56. The molecule has 1 heterocycles. The van der Waals surface area contributed by atoms with Crippen molar-refractivity contribution in [1.82, 2.24) is 10.2 Å². The summed E-state index contributed by atoms with van der Waals surface area (Å²) in [6.45, 7) is 2.76. The highest BCUT2D eigenvalue weighted by atomic mass is 32.2. The maximum Gasteiger partial charge on any atom is 0.317 e. The van der Waals surface area contributed by atoms with Crippen LogP contribution in [0.3, 0.4) is 0 Å². The average Bonchev–Trinajstić information content (AvgIpc) is 3.11. The Morgan fingerprint density at radius 1 is 1.25 bits per heavy atom. The van der Waals surface area contributed by atoms with E-state index in [0.717, 1.165) is 6.42 Å². The molecule has 3 atom stereocenters.